The monoisotopic (exact) mass is 668 g/mol. The lowest BCUT2D eigenvalue weighted by atomic mass is 10.2. The molecule has 9 nitrogen and oxygen atoms in total. The van der Waals surface area contributed by atoms with Crippen molar-refractivity contribution in [1.29, 1.82) is 0 Å². The normalized spacial score (nSPS) is 10.7. The Morgan fingerprint density at radius 1 is 0.974 bits per heavy atom. The van der Waals surface area contributed by atoms with Crippen LogP contribution in [0.3, 0.4) is 0 Å². The van der Waals surface area contributed by atoms with Crippen molar-refractivity contribution in [3.8, 4) is 11.5 Å². The van der Waals surface area contributed by atoms with E-state index in [1.165, 1.54) is 12.3 Å². The minimum Gasteiger partial charge on any atom is -0.490 e. The number of amides is 3. The Morgan fingerprint density at radius 2 is 1.74 bits per heavy atom. The summed E-state index contributed by atoms with van der Waals surface area (Å²) in [5.41, 5.74) is 4.58. The van der Waals surface area contributed by atoms with Gasteiger partial charge in [-0.05, 0) is 90.0 Å². The first kappa shape index (κ1) is 29.2. The number of ether oxygens (including phenoxy) is 2. The van der Waals surface area contributed by atoms with E-state index in [4.69, 9.17) is 32.7 Å². The van der Waals surface area contributed by atoms with Gasteiger partial charge in [-0.2, -0.15) is 5.10 Å². The van der Waals surface area contributed by atoms with E-state index >= 15 is 0 Å². The molecule has 0 fully saturated rings. The highest BCUT2D eigenvalue weighted by Gasteiger charge is 2.15. The summed E-state index contributed by atoms with van der Waals surface area (Å²) >= 11 is 14.0. The fraction of sp³-hybridized carbons (Fsp3) is 0.154. The van der Waals surface area contributed by atoms with Gasteiger partial charge < -0.3 is 20.1 Å². The van der Waals surface area contributed by atoms with Crippen molar-refractivity contribution in [2.75, 3.05) is 23.8 Å². The standard InChI is InChI=1S/C26H23Cl2IN4O5/c1-3-37-22-10-16(13-30-33-26(36)25(35)32-18-6-4-5-17(27)11-18)9-21(29)24(22)38-14-23(34)31-19-8-7-15(2)20(28)12-19/h4-13H,3,14H2,1-2H3,(H,31,34)(H,32,35)(H,33,36)/b30-13-. The molecule has 0 unspecified atom stereocenters. The van der Waals surface area contributed by atoms with Crippen molar-refractivity contribution in [2.45, 2.75) is 13.8 Å². The second kappa shape index (κ2) is 14.0. The first-order valence-electron chi connectivity index (χ1n) is 11.2. The van der Waals surface area contributed by atoms with Crippen LogP contribution in [0.4, 0.5) is 11.4 Å². The van der Waals surface area contributed by atoms with Gasteiger partial charge in [0.1, 0.15) is 0 Å². The number of anilines is 2. The fourth-order valence-electron chi connectivity index (χ4n) is 3.04. The van der Waals surface area contributed by atoms with Crippen molar-refractivity contribution in [3.63, 3.8) is 0 Å². The zero-order valence-corrected chi connectivity index (χ0v) is 24.0. The molecular formula is C26H23Cl2IN4O5. The Kier molecular flexibility index (Phi) is 10.7. The van der Waals surface area contributed by atoms with Crippen LogP contribution in [0.15, 0.2) is 59.7 Å². The molecule has 3 rings (SSSR count). The average molecular weight is 669 g/mol. The summed E-state index contributed by atoms with van der Waals surface area (Å²) in [6.07, 6.45) is 1.35. The number of benzene rings is 3. The largest absolute Gasteiger partial charge is 0.490 e. The molecule has 0 bridgehead atoms. The van der Waals surface area contributed by atoms with Crippen LogP contribution in [0.1, 0.15) is 18.1 Å². The summed E-state index contributed by atoms with van der Waals surface area (Å²) in [7, 11) is 0. The average Bonchev–Trinajstić information content (AvgIpc) is 2.86. The topological polar surface area (TPSA) is 118 Å². The van der Waals surface area contributed by atoms with Gasteiger partial charge in [0, 0.05) is 21.4 Å². The molecule has 3 aromatic rings. The van der Waals surface area contributed by atoms with E-state index in [1.807, 2.05) is 42.5 Å². The third-order valence-electron chi connectivity index (χ3n) is 4.80. The molecule has 0 heterocycles. The first-order valence-corrected chi connectivity index (χ1v) is 13.0. The van der Waals surface area contributed by atoms with Crippen LogP contribution < -0.4 is 25.5 Å². The van der Waals surface area contributed by atoms with Gasteiger partial charge in [0.2, 0.25) is 0 Å². The van der Waals surface area contributed by atoms with Crippen LogP contribution in [0.25, 0.3) is 0 Å². The minimum atomic E-state index is -0.957. The van der Waals surface area contributed by atoms with Gasteiger partial charge in [0.15, 0.2) is 18.1 Å². The predicted molar refractivity (Wildman–Crippen MR) is 156 cm³/mol. The molecule has 0 aromatic heterocycles. The van der Waals surface area contributed by atoms with Crippen LogP contribution in [-0.4, -0.2) is 37.1 Å². The summed E-state index contributed by atoms with van der Waals surface area (Å²) in [6.45, 7) is 3.77. The molecule has 0 saturated heterocycles. The van der Waals surface area contributed by atoms with Gasteiger partial charge in [-0.25, -0.2) is 5.43 Å². The van der Waals surface area contributed by atoms with E-state index in [0.29, 0.717) is 48.7 Å². The highest BCUT2D eigenvalue weighted by Crippen LogP contribution is 2.34. The van der Waals surface area contributed by atoms with E-state index in [0.717, 1.165) is 5.56 Å². The highest BCUT2D eigenvalue weighted by molar-refractivity contribution is 14.1. The van der Waals surface area contributed by atoms with Gasteiger partial charge >= 0.3 is 11.8 Å². The number of aryl methyl sites for hydroxylation is 1. The Bertz CT molecular complexity index is 1380. The lowest BCUT2D eigenvalue weighted by Crippen LogP contribution is -2.32. The number of nitrogens with zero attached hydrogens (tertiary/aromatic N) is 1. The fourth-order valence-corrected chi connectivity index (χ4v) is 4.19. The molecule has 0 spiro atoms. The molecule has 198 valence electrons. The second-order valence-corrected chi connectivity index (χ2v) is 9.73. The molecule has 0 aliphatic rings. The predicted octanol–water partition coefficient (Wildman–Crippen LogP) is 5.41. The van der Waals surface area contributed by atoms with E-state index in [2.05, 4.69) is 21.2 Å². The molecule has 3 N–H and O–H groups in total. The van der Waals surface area contributed by atoms with Crippen LogP contribution in [0, 0.1) is 10.5 Å². The van der Waals surface area contributed by atoms with Gasteiger partial charge in [-0.15, -0.1) is 0 Å². The summed E-state index contributed by atoms with van der Waals surface area (Å²) in [6, 6.07) is 15.0. The third kappa shape index (κ3) is 8.61. The lowest BCUT2D eigenvalue weighted by molar-refractivity contribution is -0.136. The van der Waals surface area contributed by atoms with E-state index in [1.54, 1.807) is 42.5 Å². The molecule has 38 heavy (non-hydrogen) atoms. The molecule has 3 amide bonds. The molecule has 0 radical (unpaired) electrons. The number of carbonyl (C=O) groups is 3. The summed E-state index contributed by atoms with van der Waals surface area (Å²) in [5, 5.41) is 9.98. The quantitative estimate of drug-likeness (QED) is 0.122. The maximum atomic E-state index is 12.4. The van der Waals surface area contributed by atoms with Crippen molar-refractivity contribution < 1.29 is 23.9 Å². The lowest BCUT2D eigenvalue weighted by Gasteiger charge is -2.15. The number of rotatable bonds is 9. The van der Waals surface area contributed by atoms with Gasteiger partial charge in [-0.1, -0.05) is 35.3 Å². The van der Waals surface area contributed by atoms with Crippen LogP contribution in [0.2, 0.25) is 10.0 Å². The number of nitrogens with one attached hydrogen (secondary N) is 3. The smallest absolute Gasteiger partial charge is 0.329 e. The van der Waals surface area contributed by atoms with Crippen molar-refractivity contribution >= 4 is 81.1 Å². The SMILES string of the molecule is CCOc1cc(/C=N\NC(=O)C(=O)Nc2cccc(Cl)c2)cc(I)c1OCC(=O)Nc1ccc(C)c(Cl)c1. The summed E-state index contributed by atoms with van der Waals surface area (Å²) < 4.78 is 12.1. The highest BCUT2D eigenvalue weighted by atomic mass is 127. The molecule has 0 aliphatic heterocycles. The molecular weight excluding hydrogens is 646 g/mol. The zero-order chi connectivity index (χ0) is 27.7. The molecule has 12 heteroatoms. The number of halogens is 3. The van der Waals surface area contributed by atoms with E-state index < -0.39 is 11.8 Å². The van der Waals surface area contributed by atoms with Crippen LogP contribution in [0.5, 0.6) is 11.5 Å². The van der Waals surface area contributed by atoms with Crippen LogP contribution >= 0.6 is 45.8 Å². The van der Waals surface area contributed by atoms with Crippen molar-refractivity contribution in [3.05, 3.63) is 79.3 Å². The molecule has 0 saturated carbocycles. The van der Waals surface area contributed by atoms with E-state index in [-0.39, 0.29) is 12.5 Å². The Balaban J connectivity index is 1.61. The Labute approximate surface area is 243 Å². The minimum absolute atomic E-state index is 0.257. The second-order valence-electron chi connectivity index (χ2n) is 7.73. The maximum Gasteiger partial charge on any atom is 0.329 e. The third-order valence-corrected chi connectivity index (χ3v) is 6.25. The molecule has 0 atom stereocenters. The zero-order valence-electron chi connectivity index (χ0n) is 20.3. The summed E-state index contributed by atoms with van der Waals surface area (Å²) in [5.74, 6) is -1.46. The van der Waals surface area contributed by atoms with E-state index in [9.17, 15) is 14.4 Å². The van der Waals surface area contributed by atoms with Crippen molar-refractivity contribution in [2.24, 2.45) is 5.10 Å². The number of carbonyl (C=O) groups excluding carboxylic acids is 3. The van der Waals surface area contributed by atoms with Gasteiger partial charge in [0.25, 0.3) is 5.91 Å². The first-order chi connectivity index (χ1) is 18.2. The number of hydrazone groups is 1. The summed E-state index contributed by atoms with van der Waals surface area (Å²) in [4.78, 5) is 36.5. The van der Waals surface area contributed by atoms with Crippen LogP contribution in [-0.2, 0) is 14.4 Å². The molecule has 3 aromatic carbocycles. The number of hydrogen-bond donors (Lipinski definition) is 3. The Hall–Kier alpha value is -3.35. The maximum absolute atomic E-state index is 12.4. The van der Waals surface area contributed by atoms with Crippen molar-refractivity contribution in [1.82, 2.24) is 5.43 Å². The molecule has 0 aliphatic carbocycles. The number of hydrogen-bond acceptors (Lipinski definition) is 6. The van der Waals surface area contributed by atoms with Gasteiger partial charge in [0.05, 0.1) is 16.4 Å². The Morgan fingerprint density at radius 3 is 2.45 bits per heavy atom. The van der Waals surface area contributed by atoms with Gasteiger partial charge in [-0.3, -0.25) is 14.4 Å².